The molecular formula is C26H23NO2. The third-order valence-electron chi connectivity index (χ3n) is 4.62. The fraction of sp³-hybridized carbons (Fsp3) is 0.154. The van der Waals surface area contributed by atoms with Crippen LogP contribution in [-0.2, 0) is 10.2 Å². The molecule has 29 heavy (non-hydrogen) atoms. The van der Waals surface area contributed by atoms with Gasteiger partial charge in [0.1, 0.15) is 17.4 Å². The molecule has 0 aliphatic carbocycles. The molecule has 0 aromatic heterocycles. The van der Waals surface area contributed by atoms with E-state index in [4.69, 9.17) is 4.74 Å². The van der Waals surface area contributed by atoms with Gasteiger partial charge in [0.25, 0.3) is 0 Å². The van der Waals surface area contributed by atoms with Crippen molar-refractivity contribution in [3.05, 3.63) is 107 Å². The molecule has 0 aliphatic rings. The predicted molar refractivity (Wildman–Crippen MR) is 115 cm³/mol. The van der Waals surface area contributed by atoms with E-state index in [0.717, 1.165) is 16.7 Å². The summed E-state index contributed by atoms with van der Waals surface area (Å²) in [5.41, 5.74) is 3.26. The first kappa shape index (κ1) is 20.1. The van der Waals surface area contributed by atoms with E-state index in [-0.39, 0.29) is 11.0 Å². The number of benzene rings is 3. The highest BCUT2D eigenvalue weighted by molar-refractivity contribution is 6.06. The van der Waals surface area contributed by atoms with Gasteiger partial charge >= 0.3 is 5.97 Å². The van der Waals surface area contributed by atoms with Crippen molar-refractivity contribution in [1.82, 2.24) is 0 Å². The Hall–Kier alpha value is -3.64. The van der Waals surface area contributed by atoms with Crippen LogP contribution in [0.3, 0.4) is 0 Å². The number of hydrogen-bond donors (Lipinski definition) is 0. The van der Waals surface area contributed by atoms with Crippen molar-refractivity contribution < 1.29 is 9.53 Å². The molecule has 3 rings (SSSR count). The van der Waals surface area contributed by atoms with Crippen LogP contribution in [0, 0.1) is 11.3 Å². The van der Waals surface area contributed by atoms with Gasteiger partial charge in [-0.2, -0.15) is 5.26 Å². The second-order valence-corrected chi connectivity index (χ2v) is 7.76. The van der Waals surface area contributed by atoms with E-state index >= 15 is 0 Å². The molecule has 0 spiro atoms. The molecule has 3 aromatic carbocycles. The van der Waals surface area contributed by atoms with E-state index in [2.05, 4.69) is 26.8 Å². The molecule has 0 atom stereocenters. The van der Waals surface area contributed by atoms with E-state index in [1.165, 1.54) is 0 Å². The van der Waals surface area contributed by atoms with E-state index in [0.29, 0.717) is 11.3 Å². The Labute approximate surface area is 171 Å². The maximum absolute atomic E-state index is 12.9. The fourth-order valence-corrected chi connectivity index (χ4v) is 3.05. The zero-order chi connectivity index (χ0) is 20.9. The third kappa shape index (κ3) is 4.80. The lowest BCUT2D eigenvalue weighted by atomic mass is 9.87. The summed E-state index contributed by atoms with van der Waals surface area (Å²) in [6.45, 7) is 6.36. The molecular weight excluding hydrogens is 358 g/mol. The molecule has 0 aliphatic heterocycles. The monoisotopic (exact) mass is 381 g/mol. The van der Waals surface area contributed by atoms with Crippen LogP contribution in [0.15, 0.2) is 90.5 Å². The van der Waals surface area contributed by atoms with Gasteiger partial charge in [-0.15, -0.1) is 0 Å². The lowest BCUT2D eigenvalue weighted by molar-refractivity contribution is -0.129. The topological polar surface area (TPSA) is 50.1 Å². The van der Waals surface area contributed by atoms with Crippen LogP contribution in [0.2, 0.25) is 0 Å². The van der Waals surface area contributed by atoms with Crippen LogP contribution in [0.5, 0.6) is 5.75 Å². The largest absolute Gasteiger partial charge is 0.422 e. The van der Waals surface area contributed by atoms with Gasteiger partial charge in [-0.05, 0) is 34.2 Å². The van der Waals surface area contributed by atoms with Crippen molar-refractivity contribution in [3.63, 3.8) is 0 Å². The van der Waals surface area contributed by atoms with Gasteiger partial charge in [-0.3, -0.25) is 0 Å². The summed E-state index contributed by atoms with van der Waals surface area (Å²) in [6.07, 6.45) is 0. The maximum Gasteiger partial charge on any atom is 0.354 e. The van der Waals surface area contributed by atoms with Crippen LogP contribution in [0.25, 0.3) is 5.57 Å². The van der Waals surface area contributed by atoms with Crippen LogP contribution in [0.1, 0.15) is 37.5 Å². The lowest BCUT2D eigenvalue weighted by Gasteiger charge is -2.19. The maximum atomic E-state index is 12.9. The Bertz CT molecular complexity index is 1010. The van der Waals surface area contributed by atoms with E-state index in [9.17, 15) is 10.1 Å². The molecule has 0 bridgehead atoms. The number of carbonyl (C=O) groups excluding carboxylic acids is 1. The number of hydrogen-bond acceptors (Lipinski definition) is 3. The Morgan fingerprint density at radius 3 is 1.69 bits per heavy atom. The highest BCUT2D eigenvalue weighted by Crippen LogP contribution is 2.29. The molecule has 0 fully saturated rings. The summed E-state index contributed by atoms with van der Waals surface area (Å²) in [7, 11) is 0. The Kier molecular flexibility index (Phi) is 5.95. The molecule has 0 saturated heterocycles. The van der Waals surface area contributed by atoms with E-state index < -0.39 is 5.97 Å². The summed E-state index contributed by atoms with van der Waals surface area (Å²) < 4.78 is 5.54. The van der Waals surface area contributed by atoms with Crippen molar-refractivity contribution in [3.8, 4) is 11.8 Å². The normalized spacial score (nSPS) is 10.7. The van der Waals surface area contributed by atoms with Gasteiger partial charge in [0.05, 0.1) is 0 Å². The molecule has 0 unspecified atom stereocenters. The highest BCUT2D eigenvalue weighted by Gasteiger charge is 2.21. The zero-order valence-corrected chi connectivity index (χ0v) is 16.8. The number of ether oxygens (including phenoxy) is 1. The van der Waals surface area contributed by atoms with Gasteiger partial charge in [0.2, 0.25) is 0 Å². The summed E-state index contributed by atoms with van der Waals surface area (Å²) in [5, 5.41) is 9.81. The van der Waals surface area contributed by atoms with Gasteiger partial charge in [-0.1, -0.05) is 93.6 Å². The van der Waals surface area contributed by atoms with Crippen LogP contribution in [-0.4, -0.2) is 5.97 Å². The second-order valence-electron chi connectivity index (χ2n) is 7.76. The van der Waals surface area contributed by atoms with Crippen LogP contribution < -0.4 is 4.74 Å². The zero-order valence-electron chi connectivity index (χ0n) is 16.8. The molecule has 0 saturated carbocycles. The van der Waals surface area contributed by atoms with Gasteiger partial charge in [0, 0.05) is 5.57 Å². The Balaban J connectivity index is 2.01. The van der Waals surface area contributed by atoms with Gasteiger partial charge in [0.15, 0.2) is 0 Å². The van der Waals surface area contributed by atoms with Crippen molar-refractivity contribution in [2.45, 2.75) is 26.2 Å². The quantitative estimate of drug-likeness (QED) is 0.244. The third-order valence-corrected chi connectivity index (χ3v) is 4.62. The van der Waals surface area contributed by atoms with Crippen molar-refractivity contribution in [2.75, 3.05) is 0 Å². The lowest BCUT2D eigenvalue weighted by Crippen LogP contribution is -2.14. The molecule has 0 amide bonds. The average molecular weight is 381 g/mol. The van der Waals surface area contributed by atoms with Crippen LogP contribution in [0.4, 0.5) is 0 Å². The first-order valence-corrected chi connectivity index (χ1v) is 9.48. The molecule has 3 heteroatoms. The van der Waals surface area contributed by atoms with Crippen molar-refractivity contribution in [1.29, 1.82) is 5.26 Å². The Morgan fingerprint density at radius 2 is 1.28 bits per heavy atom. The minimum absolute atomic E-state index is 0.00798. The predicted octanol–water partition coefficient (Wildman–Crippen LogP) is 5.92. The summed E-state index contributed by atoms with van der Waals surface area (Å²) in [5.74, 6) is -0.255. The first-order chi connectivity index (χ1) is 13.9. The number of nitrogens with zero attached hydrogens (tertiary/aromatic N) is 1. The van der Waals surface area contributed by atoms with E-state index in [1.807, 2.05) is 72.8 Å². The van der Waals surface area contributed by atoms with Crippen LogP contribution >= 0.6 is 0 Å². The SMILES string of the molecule is CC(C)(C)c1ccc(OC(=O)C(C#N)=C(c2ccccc2)c2ccccc2)cc1. The molecule has 3 nitrogen and oxygen atoms in total. The minimum Gasteiger partial charge on any atom is -0.422 e. The summed E-state index contributed by atoms with van der Waals surface area (Å²) in [6, 6.07) is 28.3. The first-order valence-electron chi connectivity index (χ1n) is 9.48. The van der Waals surface area contributed by atoms with Gasteiger partial charge < -0.3 is 4.74 Å². The average Bonchev–Trinajstić information content (AvgIpc) is 2.72. The minimum atomic E-state index is -0.668. The Morgan fingerprint density at radius 1 is 0.793 bits per heavy atom. The second kappa shape index (κ2) is 8.58. The highest BCUT2D eigenvalue weighted by atomic mass is 16.5. The smallest absolute Gasteiger partial charge is 0.354 e. The number of rotatable bonds is 4. The summed E-state index contributed by atoms with van der Waals surface area (Å²) >= 11 is 0. The molecule has 0 heterocycles. The molecule has 0 N–H and O–H groups in total. The van der Waals surface area contributed by atoms with Gasteiger partial charge in [-0.25, -0.2) is 4.79 Å². The number of esters is 1. The van der Waals surface area contributed by atoms with E-state index in [1.54, 1.807) is 12.1 Å². The number of nitriles is 1. The molecule has 144 valence electrons. The molecule has 0 radical (unpaired) electrons. The standard InChI is InChI=1S/C26H23NO2/c1-26(2,3)21-14-16-22(17-15-21)29-25(28)23(18-27)24(19-10-6-4-7-11-19)20-12-8-5-9-13-20/h4-17H,1-3H3. The fourth-order valence-electron chi connectivity index (χ4n) is 3.05. The van der Waals surface area contributed by atoms with Crippen molar-refractivity contribution >= 4 is 11.5 Å². The summed E-state index contributed by atoms with van der Waals surface area (Å²) in [4.78, 5) is 12.9. The number of carbonyl (C=O) groups is 1. The van der Waals surface area contributed by atoms with Crippen molar-refractivity contribution in [2.24, 2.45) is 0 Å². The molecule has 3 aromatic rings.